The van der Waals surface area contributed by atoms with E-state index in [0.29, 0.717) is 30.2 Å². The number of benzene rings is 2. The molecular weight excluding hydrogens is 604 g/mol. The van der Waals surface area contributed by atoms with Crippen LogP contribution in [0.1, 0.15) is 47.5 Å². The van der Waals surface area contributed by atoms with E-state index in [1.807, 2.05) is 62.4 Å². The van der Waals surface area contributed by atoms with Gasteiger partial charge in [-0.05, 0) is 58.9 Å². The zero-order valence-electron chi connectivity index (χ0n) is 27.5. The molecule has 2 aromatic heterocycles. The van der Waals surface area contributed by atoms with Crippen LogP contribution in [0.15, 0.2) is 60.9 Å². The number of nitrogens with one attached hydrogen (secondary N) is 1. The van der Waals surface area contributed by atoms with Gasteiger partial charge in [0.15, 0.2) is 0 Å². The van der Waals surface area contributed by atoms with Crippen molar-refractivity contribution in [1.82, 2.24) is 30.2 Å². The summed E-state index contributed by atoms with van der Waals surface area (Å²) < 4.78 is 22.0. The van der Waals surface area contributed by atoms with Crippen molar-refractivity contribution in [2.75, 3.05) is 20.2 Å². The lowest BCUT2D eigenvalue weighted by molar-refractivity contribution is -0.145. The fourth-order valence-corrected chi connectivity index (χ4v) is 5.43. The Morgan fingerprint density at radius 1 is 0.830 bits per heavy atom. The third kappa shape index (κ3) is 8.80. The first-order valence-electron chi connectivity index (χ1n) is 15.6. The lowest BCUT2D eigenvalue weighted by atomic mass is 9.97. The fourth-order valence-electron chi connectivity index (χ4n) is 5.43. The number of carbonyl (C=O) groups excluding carboxylic acids is 2. The second-order valence-corrected chi connectivity index (χ2v) is 13.1. The van der Waals surface area contributed by atoms with E-state index in [9.17, 15) is 14.7 Å². The standard InChI is InChI=1S/C19H23N3O5.C15H19N3O2/c1-19(2,3)27-18(24)22-11-12(9-15(22)17(23)25-4)26-16-10-20-13-7-5-6-8-14(13)21-16;1-15(2,19)13-7-10(8-17-13)20-14-9-16-11-5-3-4-6-12(11)18-14/h5-8,10,12,15H,9,11H2,1-4H3;3-6,9-10,13,17,19H,7-8H2,1-2H3. The molecular formula is C34H42N6O7. The van der Waals surface area contributed by atoms with Crippen molar-refractivity contribution < 1.29 is 33.6 Å². The van der Waals surface area contributed by atoms with Crippen LogP contribution in [-0.4, -0.2) is 97.7 Å². The highest BCUT2D eigenvalue weighted by Crippen LogP contribution is 2.26. The third-order valence-electron chi connectivity index (χ3n) is 7.73. The van der Waals surface area contributed by atoms with Crippen molar-refractivity contribution in [3.8, 4) is 11.8 Å². The van der Waals surface area contributed by atoms with Gasteiger partial charge in [0.1, 0.15) is 23.9 Å². The number of nitrogens with zero attached hydrogens (tertiary/aromatic N) is 5. The first-order valence-corrected chi connectivity index (χ1v) is 15.6. The van der Waals surface area contributed by atoms with Crippen LogP contribution in [0.2, 0.25) is 0 Å². The smallest absolute Gasteiger partial charge is 0.411 e. The van der Waals surface area contributed by atoms with E-state index in [2.05, 4.69) is 25.3 Å². The first-order chi connectivity index (χ1) is 22.3. The van der Waals surface area contributed by atoms with Crippen molar-refractivity contribution in [2.24, 2.45) is 0 Å². The largest absolute Gasteiger partial charge is 0.472 e. The highest BCUT2D eigenvalue weighted by atomic mass is 16.6. The SMILES string of the molecule is CC(C)(O)C1CC(Oc2cnc3ccccc3n2)CN1.COC(=O)C1CC(Oc2cnc3ccccc3n2)CN1C(=O)OC(C)(C)C. The highest BCUT2D eigenvalue weighted by molar-refractivity contribution is 5.82. The first kappa shape index (κ1) is 33.7. The molecule has 2 saturated heterocycles. The highest BCUT2D eigenvalue weighted by Gasteiger charge is 2.43. The van der Waals surface area contributed by atoms with Crippen molar-refractivity contribution in [3.05, 3.63) is 60.9 Å². The van der Waals surface area contributed by atoms with Crippen LogP contribution < -0.4 is 14.8 Å². The Kier molecular flexibility index (Phi) is 10.1. The fraction of sp³-hybridized carbons (Fsp3) is 0.471. The maximum absolute atomic E-state index is 12.5. The van der Waals surface area contributed by atoms with Gasteiger partial charge in [0, 0.05) is 25.4 Å². The second kappa shape index (κ2) is 14.0. The van der Waals surface area contributed by atoms with Crippen molar-refractivity contribution in [3.63, 3.8) is 0 Å². The molecule has 4 unspecified atom stereocenters. The molecule has 13 nitrogen and oxygen atoms in total. The zero-order chi connectivity index (χ0) is 33.8. The molecule has 4 heterocycles. The molecule has 0 bridgehead atoms. The number of methoxy groups -OCH3 is 1. The van der Waals surface area contributed by atoms with Gasteiger partial charge in [-0.1, -0.05) is 24.3 Å². The average Bonchev–Trinajstić information content (AvgIpc) is 3.68. The Hall–Kier alpha value is -4.62. The molecule has 2 aliphatic rings. The normalized spacial score (nSPS) is 21.2. The number of carbonyl (C=O) groups is 2. The minimum Gasteiger partial charge on any atom is -0.472 e. The third-order valence-corrected chi connectivity index (χ3v) is 7.73. The molecule has 4 atom stereocenters. The second-order valence-electron chi connectivity index (χ2n) is 13.1. The molecule has 0 aliphatic carbocycles. The number of rotatable bonds is 6. The summed E-state index contributed by atoms with van der Waals surface area (Å²) in [7, 11) is 1.29. The molecule has 0 radical (unpaired) electrons. The summed E-state index contributed by atoms with van der Waals surface area (Å²) in [6, 6.07) is 14.4. The summed E-state index contributed by atoms with van der Waals surface area (Å²) in [6.07, 6.45) is 3.26. The van der Waals surface area contributed by atoms with Crippen molar-refractivity contribution >= 4 is 34.1 Å². The Morgan fingerprint density at radius 3 is 1.85 bits per heavy atom. The van der Waals surface area contributed by atoms with E-state index in [4.69, 9.17) is 18.9 Å². The number of ether oxygens (including phenoxy) is 4. The van der Waals surface area contributed by atoms with Gasteiger partial charge in [-0.15, -0.1) is 0 Å². The summed E-state index contributed by atoms with van der Waals surface area (Å²) in [6.45, 7) is 9.84. The molecule has 13 heteroatoms. The van der Waals surface area contributed by atoms with Crippen LogP contribution in [0.3, 0.4) is 0 Å². The van der Waals surface area contributed by atoms with Crippen LogP contribution in [-0.2, 0) is 14.3 Å². The van der Waals surface area contributed by atoms with Crippen LogP contribution in [0.5, 0.6) is 11.8 Å². The lowest BCUT2D eigenvalue weighted by Gasteiger charge is -2.27. The molecule has 250 valence electrons. The van der Waals surface area contributed by atoms with E-state index < -0.39 is 35.4 Å². The Bertz CT molecular complexity index is 1710. The van der Waals surface area contributed by atoms with Gasteiger partial charge in [0.25, 0.3) is 0 Å². The quantitative estimate of drug-likeness (QED) is 0.290. The number of likely N-dealkylation sites (tertiary alicyclic amines) is 1. The summed E-state index contributed by atoms with van der Waals surface area (Å²) in [5.41, 5.74) is 1.75. The van der Waals surface area contributed by atoms with E-state index >= 15 is 0 Å². The number of hydrogen-bond acceptors (Lipinski definition) is 12. The van der Waals surface area contributed by atoms with E-state index in [1.54, 1.807) is 27.0 Å². The molecule has 2 fully saturated rings. The molecule has 2 aromatic carbocycles. The van der Waals surface area contributed by atoms with Gasteiger partial charge in [-0.3, -0.25) is 4.90 Å². The molecule has 0 spiro atoms. The number of hydrogen-bond donors (Lipinski definition) is 2. The molecule has 6 rings (SSSR count). The van der Waals surface area contributed by atoms with Crippen LogP contribution in [0.4, 0.5) is 4.79 Å². The van der Waals surface area contributed by atoms with Gasteiger partial charge in [-0.2, -0.15) is 0 Å². The minimum atomic E-state index is -0.761. The minimum absolute atomic E-state index is 0.0156. The predicted molar refractivity (Wildman–Crippen MR) is 174 cm³/mol. The van der Waals surface area contributed by atoms with E-state index in [-0.39, 0.29) is 18.7 Å². The number of fused-ring (bicyclic) bond motifs is 2. The number of esters is 1. The number of amides is 1. The Balaban J connectivity index is 0.000000193. The van der Waals surface area contributed by atoms with Crippen LogP contribution >= 0.6 is 0 Å². The monoisotopic (exact) mass is 646 g/mol. The summed E-state index contributed by atoms with van der Waals surface area (Å²) in [5, 5.41) is 13.3. The zero-order valence-corrected chi connectivity index (χ0v) is 27.5. The van der Waals surface area contributed by atoms with Gasteiger partial charge in [0.05, 0.1) is 53.7 Å². The van der Waals surface area contributed by atoms with Gasteiger partial charge in [-0.25, -0.2) is 29.5 Å². The van der Waals surface area contributed by atoms with Gasteiger partial charge < -0.3 is 29.4 Å². The predicted octanol–water partition coefficient (Wildman–Crippen LogP) is 4.07. The van der Waals surface area contributed by atoms with Crippen LogP contribution in [0.25, 0.3) is 22.1 Å². The van der Waals surface area contributed by atoms with Crippen molar-refractivity contribution in [2.45, 2.75) is 83.0 Å². The summed E-state index contributed by atoms with van der Waals surface area (Å²) in [4.78, 5) is 43.5. The molecule has 2 aliphatic heterocycles. The molecule has 2 N–H and O–H groups in total. The van der Waals surface area contributed by atoms with E-state index in [0.717, 1.165) is 23.0 Å². The maximum Gasteiger partial charge on any atom is 0.411 e. The Labute approximate surface area is 273 Å². The van der Waals surface area contributed by atoms with Crippen LogP contribution in [0, 0.1) is 0 Å². The molecule has 47 heavy (non-hydrogen) atoms. The van der Waals surface area contributed by atoms with Gasteiger partial charge >= 0.3 is 12.1 Å². The summed E-state index contributed by atoms with van der Waals surface area (Å²) in [5.74, 6) is 0.372. The lowest BCUT2D eigenvalue weighted by Crippen LogP contribution is -2.44. The number of aromatic nitrogens is 4. The molecule has 4 aromatic rings. The summed E-state index contributed by atoms with van der Waals surface area (Å²) >= 11 is 0. The average molecular weight is 647 g/mol. The van der Waals surface area contributed by atoms with E-state index in [1.165, 1.54) is 18.2 Å². The van der Waals surface area contributed by atoms with Crippen molar-refractivity contribution in [1.29, 1.82) is 0 Å². The number of para-hydroxylation sites is 4. The number of aliphatic hydroxyl groups is 1. The Morgan fingerprint density at radius 2 is 1.36 bits per heavy atom. The molecule has 0 saturated carbocycles. The van der Waals surface area contributed by atoms with Gasteiger partial charge in [0.2, 0.25) is 11.8 Å². The topological polar surface area (TPSA) is 158 Å². The molecule has 1 amide bonds. The maximum atomic E-state index is 12.5.